The van der Waals surface area contributed by atoms with Crippen LogP contribution in [-0.2, 0) is 25.4 Å². The molecule has 2 aromatic carbocycles. The highest BCUT2D eigenvalue weighted by Crippen LogP contribution is 2.29. The maximum absolute atomic E-state index is 12.7. The van der Waals surface area contributed by atoms with Crippen molar-refractivity contribution in [1.82, 2.24) is 0 Å². The largest absolute Gasteiger partial charge is 0.416 e. The molecular weight excluding hydrogens is 309 g/mol. The van der Waals surface area contributed by atoms with E-state index in [9.17, 15) is 13.2 Å². The summed E-state index contributed by atoms with van der Waals surface area (Å²) in [5.74, 6) is 0. The smallest absolute Gasteiger partial charge is 0.166 e. The molecule has 0 bridgehead atoms. The Labute approximate surface area is 142 Å². The zero-order valence-electron chi connectivity index (χ0n) is 14.2. The monoisotopic (exact) mass is 334 g/mol. The third kappa shape index (κ3) is 6.03. The molecule has 0 N–H and O–H groups in total. The normalized spacial score (nSPS) is 11.7. The molecule has 2 rings (SSSR count). The van der Waals surface area contributed by atoms with E-state index >= 15 is 0 Å². The minimum atomic E-state index is -4.27. The molecule has 0 aliphatic rings. The summed E-state index contributed by atoms with van der Waals surface area (Å²) in [4.78, 5) is 0. The Balaban J connectivity index is 1.86. The van der Waals surface area contributed by atoms with Gasteiger partial charge in [-0.25, -0.2) is 0 Å². The molecule has 0 unspecified atom stereocenters. The Morgan fingerprint density at radius 2 is 1.33 bits per heavy atom. The standard InChI is InChI=1S/C21H25F3/c1-2-3-4-5-7-17-10-12-18(13-11-17)14-15-19-8-6-9-20(16-19)21(22,23)24/h6,8-13,16H,2-5,7,14-15H2,1H3. The Kier molecular flexibility index (Phi) is 6.89. The molecule has 0 spiro atoms. The highest BCUT2D eigenvalue weighted by atomic mass is 19.4. The SMILES string of the molecule is CCCCCCc1ccc(CCc2cccc(C(F)(F)F)c2)cc1. The number of unbranched alkanes of at least 4 members (excludes halogenated alkanes) is 3. The third-order valence-electron chi connectivity index (χ3n) is 4.30. The first kappa shape index (κ1) is 18.6. The summed E-state index contributed by atoms with van der Waals surface area (Å²) < 4.78 is 38.2. The average molecular weight is 334 g/mol. The summed E-state index contributed by atoms with van der Waals surface area (Å²) >= 11 is 0. The van der Waals surface area contributed by atoms with Gasteiger partial charge in [-0.05, 0) is 48.4 Å². The molecule has 0 atom stereocenters. The van der Waals surface area contributed by atoms with E-state index in [2.05, 4.69) is 31.2 Å². The minimum absolute atomic E-state index is 0.567. The molecule has 0 radical (unpaired) electrons. The molecule has 130 valence electrons. The lowest BCUT2D eigenvalue weighted by Gasteiger charge is -2.09. The second-order valence-electron chi connectivity index (χ2n) is 6.33. The summed E-state index contributed by atoms with van der Waals surface area (Å²) in [6, 6.07) is 14.1. The van der Waals surface area contributed by atoms with Gasteiger partial charge in [0.05, 0.1) is 5.56 Å². The van der Waals surface area contributed by atoms with Crippen molar-refractivity contribution < 1.29 is 13.2 Å². The van der Waals surface area contributed by atoms with Gasteiger partial charge in [0.1, 0.15) is 0 Å². The lowest BCUT2D eigenvalue weighted by atomic mass is 10.00. The predicted octanol–water partition coefficient (Wildman–Crippen LogP) is 6.61. The van der Waals surface area contributed by atoms with Crippen LogP contribution in [0.4, 0.5) is 13.2 Å². The number of hydrogen-bond acceptors (Lipinski definition) is 0. The molecule has 0 saturated carbocycles. The number of aryl methyl sites for hydroxylation is 3. The van der Waals surface area contributed by atoms with Crippen molar-refractivity contribution >= 4 is 0 Å². The molecule has 0 saturated heterocycles. The molecule has 0 amide bonds. The molecule has 0 aliphatic heterocycles. The van der Waals surface area contributed by atoms with Crippen molar-refractivity contribution in [3.8, 4) is 0 Å². The lowest BCUT2D eigenvalue weighted by Crippen LogP contribution is -2.05. The number of rotatable bonds is 8. The van der Waals surface area contributed by atoms with E-state index in [1.54, 1.807) is 6.07 Å². The van der Waals surface area contributed by atoms with Crippen LogP contribution >= 0.6 is 0 Å². The van der Waals surface area contributed by atoms with E-state index in [0.29, 0.717) is 6.42 Å². The summed E-state index contributed by atoms with van der Waals surface area (Å²) in [7, 11) is 0. The van der Waals surface area contributed by atoms with Crippen LogP contribution in [0, 0.1) is 0 Å². The summed E-state index contributed by atoms with van der Waals surface area (Å²) in [6.07, 6.45) is 3.25. The fourth-order valence-corrected chi connectivity index (χ4v) is 2.82. The van der Waals surface area contributed by atoms with Crippen LogP contribution in [0.25, 0.3) is 0 Å². The van der Waals surface area contributed by atoms with Gasteiger partial charge in [0.2, 0.25) is 0 Å². The van der Waals surface area contributed by atoms with Gasteiger partial charge in [-0.3, -0.25) is 0 Å². The highest BCUT2D eigenvalue weighted by molar-refractivity contribution is 5.28. The van der Waals surface area contributed by atoms with Crippen LogP contribution in [-0.4, -0.2) is 0 Å². The summed E-state index contributed by atoms with van der Waals surface area (Å²) in [5.41, 5.74) is 2.68. The molecule has 0 nitrogen and oxygen atoms in total. The highest BCUT2D eigenvalue weighted by Gasteiger charge is 2.30. The quantitative estimate of drug-likeness (QED) is 0.476. The molecular formula is C21H25F3. The molecule has 24 heavy (non-hydrogen) atoms. The summed E-state index contributed by atoms with van der Waals surface area (Å²) in [5, 5.41) is 0. The van der Waals surface area contributed by atoms with Gasteiger partial charge >= 0.3 is 6.18 Å². The average Bonchev–Trinajstić information content (AvgIpc) is 2.57. The van der Waals surface area contributed by atoms with Crippen molar-refractivity contribution in [2.24, 2.45) is 0 Å². The number of benzene rings is 2. The fraction of sp³-hybridized carbons (Fsp3) is 0.429. The van der Waals surface area contributed by atoms with Crippen LogP contribution in [0.2, 0.25) is 0 Å². The first-order valence-corrected chi connectivity index (χ1v) is 8.73. The molecule has 0 aliphatic carbocycles. The first-order valence-electron chi connectivity index (χ1n) is 8.73. The molecule has 0 aromatic heterocycles. The topological polar surface area (TPSA) is 0 Å². The van der Waals surface area contributed by atoms with Crippen LogP contribution in [0.15, 0.2) is 48.5 Å². The van der Waals surface area contributed by atoms with Gasteiger partial charge in [-0.2, -0.15) is 13.2 Å². The van der Waals surface area contributed by atoms with Crippen LogP contribution in [0.5, 0.6) is 0 Å². The van der Waals surface area contributed by atoms with Crippen molar-refractivity contribution in [3.05, 3.63) is 70.8 Å². The number of hydrogen-bond donors (Lipinski definition) is 0. The van der Waals surface area contributed by atoms with Crippen molar-refractivity contribution in [1.29, 1.82) is 0 Å². The van der Waals surface area contributed by atoms with E-state index in [0.717, 1.165) is 24.5 Å². The Morgan fingerprint density at radius 3 is 1.96 bits per heavy atom. The fourth-order valence-electron chi connectivity index (χ4n) is 2.82. The zero-order valence-corrected chi connectivity index (χ0v) is 14.2. The van der Waals surface area contributed by atoms with E-state index in [-0.39, 0.29) is 0 Å². The zero-order chi connectivity index (χ0) is 17.4. The van der Waals surface area contributed by atoms with E-state index in [1.807, 2.05) is 0 Å². The van der Waals surface area contributed by atoms with Gasteiger partial charge < -0.3 is 0 Å². The van der Waals surface area contributed by atoms with Crippen LogP contribution < -0.4 is 0 Å². The Hall–Kier alpha value is -1.77. The molecule has 0 heterocycles. The molecule has 2 aromatic rings. The van der Waals surface area contributed by atoms with Gasteiger partial charge in [0, 0.05) is 0 Å². The molecule has 3 heteroatoms. The van der Waals surface area contributed by atoms with Gasteiger partial charge in [0.25, 0.3) is 0 Å². The molecule has 0 fully saturated rings. The van der Waals surface area contributed by atoms with Crippen molar-refractivity contribution in [3.63, 3.8) is 0 Å². The maximum Gasteiger partial charge on any atom is 0.416 e. The second-order valence-corrected chi connectivity index (χ2v) is 6.33. The van der Waals surface area contributed by atoms with Crippen molar-refractivity contribution in [2.45, 2.75) is 58.0 Å². The summed E-state index contributed by atoms with van der Waals surface area (Å²) in [6.45, 7) is 2.21. The number of halogens is 3. The third-order valence-corrected chi connectivity index (χ3v) is 4.30. The number of alkyl halides is 3. The maximum atomic E-state index is 12.7. The van der Waals surface area contributed by atoms with Crippen LogP contribution in [0.1, 0.15) is 54.9 Å². The lowest BCUT2D eigenvalue weighted by molar-refractivity contribution is -0.137. The Morgan fingerprint density at radius 1 is 0.708 bits per heavy atom. The van der Waals surface area contributed by atoms with Gasteiger partial charge in [-0.15, -0.1) is 0 Å². The van der Waals surface area contributed by atoms with E-state index in [1.165, 1.54) is 48.9 Å². The minimum Gasteiger partial charge on any atom is -0.166 e. The van der Waals surface area contributed by atoms with Gasteiger partial charge in [-0.1, -0.05) is 68.7 Å². The predicted molar refractivity (Wildman–Crippen MR) is 93.1 cm³/mol. The van der Waals surface area contributed by atoms with Crippen molar-refractivity contribution in [2.75, 3.05) is 0 Å². The Bertz CT molecular complexity index is 612. The van der Waals surface area contributed by atoms with E-state index < -0.39 is 11.7 Å². The first-order chi connectivity index (χ1) is 11.5. The van der Waals surface area contributed by atoms with E-state index in [4.69, 9.17) is 0 Å². The van der Waals surface area contributed by atoms with Crippen LogP contribution in [0.3, 0.4) is 0 Å². The van der Waals surface area contributed by atoms with Gasteiger partial charge in [0.15, 0.2) is 0 Å². The second kappa shape index (κ2) is 8.91.